The fourth-order valence-corrected chi connectivity index (χ4v) is 3.17. The molecule has 1 fully saturated rings. The Labute approximate surface area is 140 Å². The summed E-state index contributed by atoms with van der Waals surface area (Å²) in [6.07, 6.45) is 5.08. The molecule has 1 saturated heterocycles. The normalized spacial score (nSPS) is 16.7. The van der Waals surface area contributed by atoms with E-state index in [1.165, 1.54) is 0 Å². The molecule has 0 aromatic carbocycles. The molecular formula is C16H21ClN4O2. The fourth-order valence-electron chi connectivity index (χ4n) is 2.94. The Morgan fingerprint density at radius 2 is 2.22 bits per heavy atom. The second-order valence-electron chi connectivity index (χ2n) is 5.98. The molecule has 0 unspecified atom stereocenters. The molecule has 1 N–H and O–H groups in total. The minimum absolute atomic E-state index is 0.0515. The van der Waals surface area contributed by atoms with Gasteiger partial charge in [0, 0.05) is 32.7 Å². The van der Waals surface area contributed by atoms with Gasteiger partial charge in [-0.15, -0.1) is 0 Å². The van der Waals surface area contributed by atoms with E-state index in [9.17, 15) is 4.79 Å². The Kier molecular flexibility index (Phi) is 4.73. The molecule has 124 valence electrons. The molecule has 7 heteroatoms. The Morgan fingerprint density at radius 3 is 2.78 bits per heavy atom. The maximum atomic E-state index is 12.2. The number of amides is 1. The van der Waals surface area contributed by atoms with Gasteiger partial charge < -0.3 is 9.73 Å². The highest BCUT2D eigenvalue weighted by molar-refractivity contribution is 6.31. The van der Waals surface area contributed by atoms with Crippen molar-refractivity contribution in [2.24, 2.45) is 7.05 Å². The number of likely N-dealkylation sites (tertiary alicyclic amines) is 1. The summed E-state index contributed by atoms with van der Waals surface area (Å²) in [5.41, 5.74) is 1.65. The zero-order valence-corrected chi connectivity index (χ0v) is 14.1. The molecular weight excluding hydrogens is 316 g/mol. The Hall–Kier alpha value is -1.79. The van der Waals surface area contributed by atoms with E-state index in [0.717, 1.165) is 38.2 Å². The van der Waals surface area contributed by atoms with Crippen LogP contribution >= 0.6 is 11.6 Å². The summed E-state index contributed by atoms with van der Waals surface area (Å²) in [6.45, 7) is 4.44. The van der Waals surface area contributed by atoms with Crippen molar-refractivity contribution in [3.63, 3.8) is 0 Å². The van der Waals surface area contributed by atoms with Gasteiger partial charge in [0.1, 0.15) is 5.76 Å². The summed E-state index contributed by atoms with van der Waals surface area (Å²) in [5, 5.41) is 7.97. The van der Waals surface area contributed by atoms with Gasteiger partial charge in [-0.25, -0.2) is 0 Å². The van der Waals surface area contributed by atoms with Gasteiger partial charge in [0.2, 0.25) is 0 Å². The van der Waals surface area contributed by atoms with Crippen molar-refractivity contribution in [1.82, 2.24) is 20.0 Å². The van der Waals surface area contributed by atoms with E-state index in [4.69, 9.17) is 16.0 Å². The van der Waals surface area contributed by atoms with Crippen molar-refractivity contribution >= 4 is 17.5 Å². The number of aryl methyl sites for hydroxylation is 2. The van der Waals surface area contributed by atoms with Gasteiger partial charge in [0.25, 0.3) is 5.91 Å². The van der Waals surface area contributed by atoms with Gasteiger partial charge in [-0.2, -0.15) is 5.10 Å². The smallest absolute Gasteiger partial charge is 0.255 e. The SMILES string of the molecule is Cc1occc1C(=O)NC1CCN(Cc2c(Cl)cnn2C)CC1. The lowest BCUT2D eigenvalue weighted by molar-refractivity contribution is 0.0906. The minimum atomic E-state index is -0.0515. The topological polar surface area (TPSA) is 63.3 Å². The number of piperidine rings is 1. The molecule has 1 aliphatic heterocycles. The van der Waals surface area contributed by atoms with Crippen LogP contribution in [0.25, 0.3) is 0 Å². The molecule has 2 aromatic rings. The number of furan rings is 1. The van der Waals surface area contributed by atoms with Crippen molar-refractivity contribution in [1.29, 1.82) is 0 Å². The van der Waals surface area contributed by atoms with E-state index >= 15 is 0 Å². The highest BCUT2D eigenvalue weighted by Gasteiger charge is 2.23. The van der Waals surface area contributed by atoms with E-state index in [-0.39, 0.29) is 11.9 Å². The number of hydrogen-bond acceptors (Lipinski definition) is 4. The molecule has 0 aliphatic carbocycles. The van der Waals surface area contributed by atoms with E-state index in [1.54, 1.807) is 25.5 Å². The van der Waals surface area contributed by atoms with Crippen molar-refractivity contribution in [2.75, 3.05) is 13.1 Å². The Bertz CT molecular complexity index is 667. The Balaban J connectivity index is 1.51. The third-order valence-electron chi connectivity index (χ3n) is 4.41. The number of rotatable bonds is 4. The lowest BCUT2D eigenvalue weighted by atomic mass is 10.0. The highest BCUT2D eigenvalue weighted by atomic mass is 35.5. The van der Waals surface area contributed by atoms with Crippen LogP contribution in [-0.4, -0.2) is 39.7 Å². The number of carbonyl (C=O) groups is 1. The van der Waals surface area contributed by atoms with Crippen LogP contribution < -0.4 is 5.32 Å². The molecule has 2 aromatic heterocycles. The number of halogens is 1. The standard InChI is InChI=1S/C16H21ClN4O2/c1-11-13(5-8-23-11)16(22)19-12-3-6-21(7-4-12)10-15-14(17)9-18-20(15)2/h5,8-9,12H,3-4,6-7,10H2,1-2H3,(H,19,22). The van der Waals surface area contributed by atoms with Crippen molar-refractivity contribution < 1.29 is 9.21 Å². The average Bonchev–Trinajstić information content (AvgIpc) is 3.09. The van der Waals surface area contributed by atoms with Gasteiger partial charge in [0.15, 0.2) is 0 Å². The summed E-state index contributed by atoms with van der Waals surface area (Å²) in [6, 6.07) is 1.92. The molecule has 23 heavy (non-hydrogen) atoms. The fraction of sp³-hybridized carbons (Fsp3) is 0.500. The molecule has 0 bridgehead atoms. The predicted molar refractivity (Wildman–Crippen MR) is 87.4 cm³/mol. The van der Waals surface area contributed by atoms with E-state index in [1.807, 2.05) is 11.7 Å². The van der Waals surface area contributed by atoms with Gasteiger partial charge >= 0.3 is 0 Å². The van der Waals surface area contributed by atoms with Crippen LogP contribution in [0.1, 0.15) is 34.7 Å². The maximum Gasteiger partial charge on any atom is 0.255 e. The average molecular weight is 337 g/mol. The van der Waals surface area contributed by atoms with Crippen LogP contribution in [0.2, 0.25) is 5.02 Å². The minimum Gasteiger partial charge on any atom is -0.469 e. The van der Waals surface area contributed by atoms with Crippen LogP contribution in [0.3, 0.4) is 0 Å². The monoisotopic (exact) mass is 336 g/mol. The van der Waals surface area contributed by atoms with E-state index in [0.29, 0.717) is 16.3 Å². The van der Waals surface area contributed by atoms with Gasteiger partial charge in [0.05, 0.1) is 28.7 Å². The molecule has 3 rings (SSSR count). The Morgan fingerprint density at radius 1 is 1.48 bits per heavy atom. The van der Waals surface area contributed by atoms with Crippen molar-refractivity contribution in [2.45, 2.75) is 32.4 Å². The third-order valence-corrected chi connectivity index (χ3v) is 4.73. The van der Waals surface area contributed by atoms with Crippen LogP contribution in [0.4, 0.5) is 0 Å². The first-order valence-corrected chi connectivity index (χ1v) is 8.16. The van der Waals surface area contributed by atoms with Gasteiger partial charge in [-0.1, -0.05) is 11.6 Å². The van der Waals surface area contributed by atoms with Crippen LogP contribution in [0.15, 0.2) is 22.9 Å². The number of hydrogen-bond donors (Lipinski definition) is 1. The van der Waals surface area contributed by atoms with Crippen LogP contribution in [-0.2, 0) is 13.6 Å². The van der Waals surface area contributed by atoms with Gasteiger partial charge in [-0.3, -0.25) is 14.4 Å². The van der Waals surface area contributed by atoms with Gasteiger partial charge in [-0.05, 0) is 25.8 Å². The first-order chi connectivity index (χ1) is 11.0. The molecule has 0 saturated carbocycles. The third kappa shape index (κ3) is 3.59. The van der Waals surface area contributed by atoms with Crippen LogP contribution in [0, 0.1) is 6.92 Å². The number of nitrogens with one attached hydrogen (secondary N) is 1. The zero-order chi connectivity index (χ0) is 16.4. The zero-order valence-electron chi connectivity index (χ0n) is 13.4. The molecule has 1 amide bonds. The highest BCUT2D eigenvalue weighted by Crippen LogP contribution is 2.19. The lowest BCUT2D eigenvalue weighted by Gasteiger charge is -2.32. The van der Waals surface area contributed by atoms with Crippen molar-refractivity contribution in [3.05, 3.63) is 40.6 Å². The number of aromatic nitrogens is 2. The molecule has 1 aliphatic rings. The first-order valence-electron chi connectivity index (χ1n) is 7.78. The predicted octanol–water partition coefficient (Wildman–Crippen LogP) is 2.37. The number of nitrogens with zero attached hydrogens (tertiary/aromatic N) is 3. The van der Waals surface area contributed by atoms with Crippen LogP contribution in [0.5, 0.6) is 0 Å². The quantitative estimate of drug-likeness (QED) is 0.931. The summed E-state index contributed by atoms with van der Waals surface area (Å²) < 4.78 is 7.00. The molecule has 0 atom stereocenters. The number of carbonyl (C=O) groups excluding carboxylic acids is 1. The summed E-state index contributed by atoms with van der Waals surface area (Å²) >= 11 is 6.16. The van der Waals surface area contributed by atoms with E-state index in [2.05, 4.69) is 15.3 Å². The molecule has 0 spiro atoms. The molecule has 0 radical (unpaired) electrons. The van der Waals surface area contributed by atoms with Crippen molar-refractivity contribution in [3.8, 4) is 0 Å². The largest absolute Gasteiger partial charge is 0.469 e. The summed E-state index contributed by atoms with van der Waals surface area (Å²) in [7, 11) is 1.90. The molecule has 6 nitrogen and oxygen atoms in total. The second kappa shape index (κ2) is 6.76. The maximum absolute atomic E-state index is 12.2. The summed E-state index contributed by atoms with van der Waals surface area (Å²) in [5.74, 6) is 0.607. The second-order valence-corrected chi connectivity index (χ2v) is 6.38. The first kappa shape index (κ1) is 16.1. The summed E-state index contributed by atoms with van der Waals surface area (Å²) in [4.78, 5) is 14.6. The molecule has 3 heterocycles. The lowest BCUT2D eigenvalue weighted by Crippen LogP contribution is -2.44. The van der Waals surface area contributed by atoms with E-state index < -0.39 is 0 Å².